The molecule has 2 atom stereocenters. The van der Waals surface area contributed by atoms with Gasteiger partial charge in [0.15, 0.2) is 0 Å². The zero-order valence-electron chi connectivity index (χ0n) is 11.6. The normalized spacial score (nSPS) is 16.0. The minimum Gasteiger partial charge on any atom is -0.463 e. The molecule has 2 unspecified atom stereocenters. The number of carbonyl (C=O) groups excluding carboxylic acids is 1. The van der Waals surface area contributed by atoms with Gasteiger partial charge in [0.2, 0.25) is 0 Å². The second kappa shape index (κ2) is 7.14. The summed E-state index contributed by atoms with van der Waals surface area (Å²) in [6.45, 7) is 9.63. The van der Waals surface area contributed by atoms with Gasteiger partial charge < -0.3 is 4.74 Å². The lowest BCUT2D eigenvalue weighted by Crippen LogP contribution is -2.41. The van der Waals surface area contributed by atoms with Crippen LogP contribution in [-0.4, -0.2) is 24.1 Å². The summed E-state index contributed by atoms with van der Waals surface area (Å²) < 4.78 is 19.2. The van der Waals surface area contributed by atoms with Gasteiger partial charge in [0.05, 0.1) is 10.1 Å². The molecule has 1 N–H and O–H groups in total. The topological polar surface area (TPSA) is 82.1 Å². The van der Waals surface area contributed by atoms with Crippen LogP contribution >= 0.6 is 8.25 Å². The second-order valence-electron chi connectivity index (χ2n) is 5.21. The third kappa shape index (κ3) is 4.98. The van der Waals surface area contributed by atoms with E-state index in [1.54, 1.807) is 0 Å². The molecule has 0 aliphatic rings. The van der Waals surface area contributed by atoms with E-state index in [2.05, 4.69) is 9.56 Å². The zero-order valence-corrected chi connectivity index (χ0v) is 12.5. The van der Waals surface area contributed by atoms with Crippen molar-refractivity contribution in [2.75, 3.05) is 13.2 Å². The molecular weight excluding hydrogens is 259 g/mol. The first kappa shape index (κ1) is 17.4. The van der Waals surface area contributed by atoms with Crippen LogP contribution in [0.15, 0.2) is 0 Å². The van der Waals surface area contributed by atoms with Crippen LogP contribution in [0.1, 0.15) is 41.0 Å². The first-order chi connectivity index (χ1) is 8.15. The standard InChI is InChI=1S/C11H21O6P/c1-6-11(5,10(2,3)4)9(12)15-7-8-16-17-18(13)14/h6-8H2,1-5H3/p+1. The van der Waals surface area contributed by atoms with E-state index < -0.39 is 13.7 Å². The van der Waals surface area contributed by atoms with Gasteiger partial charge in [0.25, 0.3) is 0 Å². The molecule has 0 saturated carbocycles. The highest BCUT2D eigenvalue weighted by atomic mass is 31.1. The van der Waals surface area contributed by atoms with Crippen LogP contribution in [0.25, 0.3) is 0 Å². The van der Waals surface area contributed by atoms with E-state index >= 15 is 0 Å². The molecule has 0 radical (unpaired) electrons. The molecule has 0 aromatic heterocycles. The smallest absolute Gasteiger partial charge is 0.463 e. The summed E-state index contributed by atoms with van der Waals surface area (Å²) in [5, 5.41) is 0. The zero-order chi connectivity index (χ0) is 14.4. The van der Waals surface area contributed by atoms with E-state index in [1.807, 2.05) is 34.6 Å². The molecular formula is C11H22O6P+. The van der Waals surface area contributed by atoms with Crippen LogP contribution in [-0.2, 0) is 23.7 Å². The highest BCUT2D eigenvalue weighted by Gasteiger charge is 2.43. The third-order valence-electron chi connectivity index (χ3n) is 3.33. The van der Waals surface area contributed by atoms with Gasteiger partial charge in [-0.3, -0.25) is 4.79 Å². The highest BCUT2D eigenvalue weighted by Crippen LogP contribution is 2.42. The van der Waals surface area contributed by atoms with Crippen molar-refractivity contribution >= 4 is 14.2 Å². The highest BCUT2D eigenvalue weighted by molar-refractivity contribution is 7.31. The van der Waals surface area contributed by atoms with Gasteiger partial charge in [0.1, 0.15) is 13.2 Å². The van der Waals surface area contributed by atoms with Crippen molar-refractivity contribution in [3.05, 3.63) is 0 Å². The fourth-order valence-corrected chi connectivity index (χ4v) is 1.56. The summed E-state index contributed by atoms with van der Waals surface area (Å²) in [4.78, 5) is 24.7. The summed E-state index contributed by atoms with van der Waals surface area (Å²) >= 11 is 0. The van der Waals surface area contributed by atoms with E-state index in [1.165, 1.54) is 0 Å². The molecule has 0 aliphatic heterocycles. The van der Waals surface area contributed by atoms with Crippen molar-refractivity contribution in [1.29, 1.82) is 0 Å². The summed E-state index contributed by atoms with van der Waals surface area (Å²) in [5.74, 6) is -0.311. The molecule has 6 nitrogen and oxygen atoms in total. The van der Waals surface area contributed by atoms with Gasteiger partial charge in [-0.15, -0.1) is 4.89 Å². The Bertz CT molecular complexity index is 298. The van der Waals surface area contributed by atoms with Crippen molar-refractivity contribution in [3.63, 3.8) is 0 Å². The lowest BCUT2D eigenvalue weighted by Gasteiger charge is -2.38. The largest absolute Gasteiger partial charge is 0.725 e. The summed E-state index contributed by atoms with van der Waals surface area (Å²) in [6, 6.07) is 0. The predicted octanol–water partition coefficient (Wildman–Crippen LogP) is 2.59. The molecule has 0 saturated heterocycles. The third-order valence-corrected chi connectivity index (χ3v) is 3.56. The number of hydrogen-bond acceptors (Lipinski definition) is 5. The average Bonchev–Trinajstić information content (AvgIpc) is 2.25. The fourth-order valence-electron chi connectivity index (χ4n) is 1.39. The molecule has 106 valence electrons. The van der Waals surface area contributed by atoms with Gasteiger partial charge in [0, 0.05) is 4.57 Å². The van der Waals surface area contributed by atoms with E-state index in [-0.39, 0.29) is 24.6 Å². The van der Waals surface area contributed by atoms with Crippen LogP contribution in [0.4, 0.5) is 0 Å². The number of carbonyl (C=O) groups is 1. The first-order valence-corrected chi connectivity index (χ1v) is 6.91. The molecule has 0 aromatic rings. The Kier molecular flexibility index (Phi) is 6.92. The SMILES string of the molecule is CCC(C)(C(=O)OCCOO[P+](=O)O)C(C)(C)C. The number of ether oxygens (including phenoxy) is 1. The van der Waals surface area contributed by atoms with E-state index in [0.29, 0.717) is 6.42 Å². The number of esters is 1. The molecule has 0 fully saturated rings. The lowest BCUT2D eigenvalue weighted by atomic mass is 9.66. The first-order valence-electron chi connectivity index (χ1n) is 5.78. The van der Waals surface area contributed by atoms with Crippen LogP contribution in [0.5, 0.6) is 0 Å². The van der Waals surface area contributed by atoms with Crippen LogP contribution in [0, 0.1) is 10.8 Å². The van der Waals surface area contributed by atoms with Crippen molar-refractivity contribution in [2.45, 2.75) is 41.0 Å². The summed E-state index contributed by atoms with van der Waals surface area (Å²) in [6.07, 6.45) is 0.662. The Hall–Kier alpha value is -0.550. The van der Waals surface area contributed by atoms with Crippen LogP contribution in [0.3, 0.4) is 0 Å². The van der Waals surface area contributed by atoms with Crippen molar-refractivity contribution < 1.29 is 28.6 Å². The maximum atomic E-state index is 12.0. The molecule has 0 bridgehead atoms. The van der Waals surface area contributed by atoms with Gasteiger partial charge in [-0.1, -0.05) is 27.7 Å². The minimum absolute atomic E-state index is 0.0202. The molecule has 0 rings (SSSR count). The maximum absolute atomic E-state index is 12.0. The van der Waals surface area contributed by atoms with E-state index in [9.17, 15) is 9.36 Å². The Morgan fingerprint density at radius 3 is 2.17 bits per heavy atom. The number of hydrogen-bond donors (Lipinski definition) is 1. The van der Waals surface area contributed by atoms with Gasteiger partial charge >= 0.3 is 14.2 Å². The Labute approximate surface area is 108 Å². The van der Waals surface area contributed by atoms with Crippen LogP contribution in [0.2, 0.25) is 0 Å². The monoisotopic (exact) mass is 281 g/mol. The quantitative estimate of drug-likeness (QED) is 0.254. The Morgan fingerprint density at radius 1 is 1.22 bits per heavy atom. The molecule has 0 heterocycles. The van der Waals surface area contributed by atoms with E-state index in [4.69, 9.17) is 9.63 Å². The molecule has 0 aromatic carbocycles. The lowest BCUT2D eigenvalue weighted by molar-refractivity contribution is -0.218. The Morgan fingerprint density at radius 2 is 1.78 bits per heavy atom. The molecule has 7 heteroatoms. The second-order valence-corrected chi connectivity index (χ2v) is 5.83. The van der Waals surface area contributed by atoms with Crippen LogP contribution < -0.4 is 0 Å². The van der Waals surface area contributed by atoms with Gasteiger partial charge in [-0.25, -0.2) is 0 Å². The minimum atomic E-state index is -2.79. The maximum Gasteiger partial charge on any atom is 0.725 e. The molecule has 0 spiro atoms. The van der Waals surface area contributed by atoms with Crippen molar-refractivity contribution in [2.24, 2.45) is 10.8 Å². The summed E-state index contributed by atoms with van der Waals surface area (Å²) in [5.41, 5.74) is -0.805. The van der Waals surface area contributed by atoms with E-state index in [0.717, 1.165) is 0 Å². The van der Waals surface area contributed by atoms with Crippen molar-refractivity contribution in [1.82, 2.24) is 0 Å². The average molecular weight is 281 g/mol. The summed E-state index contributed by atoms with van der Waals surface area (Å²) in [7, 11) is -2.79. The predicted molar refractivity (Wildman–Crippen MR) is 65.7 cm³/mol. The van der Waals surface area contributed by atoms with Gasteiger partial charge in [-0.05, 0) is 18.8 Å². The molecule has 0 amide bonds. The molecule has 18 heavy (non-hydrogen) atoms. The fraction of sp³-hybridized carbons (Fsp3) is 0.909. The van der Waals surface area contributed by atoms with Gasteiger partial charge in [-0.2, -0.15) is 4.89 Å². The van der Waals surface area contributed by atoms with Crippen molar-refractivity contribution in [3.8, 4) is 0 Å². The number of rotatable bonds is 7. The molecule has 0 aliphatic carbocycles. The Balaban J connectivity index is 4.19.